The van der Waals surface area contributed by atoms with Crippen molar-refractivity contribution in [1.29, 1.82) is 0 Å². The van der Waals surface area contributed by atoms with Gasteiger partial charge in [-0.15, -0.1) is 0 Å². The van der Waals surface area contributed by atoms with Crippen LogP contribution in [0.5, 0.6) is 0 Å². The number of nitrogens with zero attached hydrogens (tertiary/aromatic N) is 1. The van der Waals surface area contributed by atoms with E-state index in [0.29, 0.717) is 19.1 Å². The molecule has 3 heteroatoms. The van der Waals surface area contributed by atoms with Gasteiger partial charge in [0.2, 0.25) is 0 Å². The first kappa shape index (κ1) is 14.3. The van der Waals surface area contributed by atoms with Crippen LogP contribution in [0.4, 0.5) is 0 Å². The number of fused-ring (bicyclic) bond motifs is 1. The number of carbonyl (C=O) groups excluding carboxylic acids is 1. The molecule has 1 unspecified atom stereocenters. The van der Waals surface area contributed by atoms with Crippen molar-refractivity contribution >= 4 is 5.78 Å². The molecule has 1 aliphatic carbocycles. The average molecular weight is 263 g/mol. The van der Waals surface area contributed by atoms with Gasteiger partial charge in [-0.25, -0.2) is 0 Å². The Morgan fingerprint density at radius 2 is 2.16 bits per heavy atom. The molecule has 0 saturated carbocycles. The molecular weight excluding hydrogens is 238 g/mol. The molecule has 0 saturated heterocycles. The lowest BCUT2D eigenvalue weighted by molar-refractivity contribution is 0.0906. The van der Waals surface area contributed by atoms with Crippen LogP contribution in [0.25, 0.3) is 0 Å². The van der Waals surface area contributed by atoms with Gasteiger partial charge in [0, 0.05) is 31.0 Å². The summed E-state index contributed by atoms with van der Waals surface area (Å²) >= 11 is 0. The molecule has 0 spiro atoms. The minimum Gasteiger partial charge on any atom is -0.383 e. The molecule has 106 valence electrons. The molecule has 19 heavy (non-hydrogen) atoms. The minimum atomic E-state index is 0.0734. The first-order valence-corrected chi connectivity index (χ1v) is 7.20. The number of hydrogen-bond acceptors (Lipinski definition) is 2. The van der Waals surface area contributed by atoms with Crippen LogP contribution in [-0.2, 0) is 11.2 Å². The molecule has 2 rings (SSSR count). The summed E-state index contributed by atoms with van der Waals surface area (Å²) in [4.78, 5) is 12.2. The van der Waals surface area contributed by atoms with Gasteiger partial charge in [0.25, 0.3) is 0 Å². The predicted octanol–water partition coefficient (Wildman–Crippen LogP) is 3.63. The van der Waals surface area contributed by atoms with Crippen LogP contribution in [0.15, 0.2) is 12.3 Å². The minimum absolute atomic E-state index is 0.0734. The van der Waals surface area contributed by atoms with Gasteiger partial charge in [-0.1, -0.05) is 27.2 Å². The highest BCUT2D eigenvalue weighted by atomic mass is 16.5. The van der Waals surface area contributed by atoms with E-state index in [2.05, 4.69) is 31.5 Å². The lowest BCUT2D eigenvalue weighted by atomic mass is 9.76. The second kappa shape index (κ2) is 5.49. The molecule has 1 atom stereocenters. The summed E-state index contributed by atoms with van der Waals surface area (Å²) in [7, 11) is 1.74. The number of methoxy groups -OCH3 is 1. The number of carbonyl (C=O) groups is 1. The van der Waals surface area contributed by atoms with Crippen molar-refractivity contribution in [2.45, 2.75) is 52.5 Å². The van der Waals surface area contributed by atoms with E-state index in [4.69, 9.17) is 4.74 Å². The van der Waals surface area contributed by atoms with Crippen LogP contribution < -0.4 is 0 Å². The third-order valence-electron chi connectivity index (χ3n) is 3.98. The highest BCUT2D eigenvalue weighted by Crippen LogP contribution is 2.36. The smallest absolute Gasteiger partial charge is 0.165 e. The van der Waals surface area contributed by atoms with Crippen molar-refractivity contribution in [2.75, 3.05) is 13.7 Å². The maximum atomic E-state index is 12.2. The molecule has 1 heterocycles. The lowest BCUT2D eigenvalue weighted by Crippen LogP contribution is -2.29. The van der Waals surface area contributed by atoms with Crippen LogP contribution in [0.1, 0.15) is 62.1 Å². The Labute approximate surface area is 115 Å². The molecule has 0 aromatic carbocycles. The van der Waals surface area contributed by atoms with Crippen LogP contribution in [0, 0.1) is 5.41 Å². The van der Waals surface area contributed by atoms with Crippen molar-refractivity contribution in [2.24, 2.45) is 5.41 Å². The van der Waals surface area contributed by atoms with Crippen molar-refractivity contribution in [1.82, 2.24) is 4.57 Å². The molecule has 0 fully saturated rings. The van der Waals surface area contributed by atoms with Gasteiger partial charge in [-0.2, -0.15) is 0 Å². The van der Waals surface area contributed by atoms with E-state index < -0.39 is 0 Å². The number of aromatic nitrogens is 1. The van der Waals surface area contributed by atoms with Gasteiger partial charge < -0.3 is 9.30 Å². The van der Waals surface area contributed by atoms with Crippen molar-refractivity contribution in [3.05, 3.63) is 23.5 Å². The molecule has 3 nitrogen and oxygen atoms in total. The first-order valence-electron chi connectivity index (χ1n) is 7.20. The zero-order valence-corrected chi connectivity index (χ0v) is 12.5. The third-order valence-corrected chi connectivity index (χ3v) is 3.98. The van der Waals surface area contributed by atoms with Crippen molar-refractivity contribution < 1.29 is 9.53 Å². The highest BCUT2D eigenvalue weighted by molar-refractivity contribution is 5.98. The van der Waals surface area contributed by atoms with E-state index >= 15 is 0 Å². The van der Waals surface area contributed by atoms with Gasteiger partial charge >= 0.3 is 0 Å². The molecule has 0 aliphatic heterocycles. The molecule has 1 aromatic heterocycles. The molecule has 0 bridgehead atoms. The summed E-state index contributed by atoms with van der Waals surface area (Å²) in [5.41, 5.74) is 2.21. The Balaban J connectivity index is 2.36. The van der Waals surface area contributed by atoms with Crippen LogP contribution in [-0.4, -0.2) is 24.1 Å². The summed E-state index contributed by atoms with van der Waals surface area (Å²) in [5.74, 6) is 0.290. The van der Waals surface area contributed by atoms with Gasteiger partial charge in [-0.3, -0.25) is 4.79 Å². The lowest BCUT2D eigenvalue weighted by Gasteiger charge is -2.31. The summed E-state index contributed by atoms with van der Waals surface area (Å²) in [6, 6.07) is 2.34. The topological polar surface area (TPSA) is 31.2 Å². The Hall–Kier alpha value is -1.09. The molecular formula is C16H25NO2. The van der Waals surface area contributed by atoms with Crippen molar-refractivity contribution in [3.8, 4) is 0 Å². The van der Waals surface area contributed by atoms with Crippen molar-refractivity contribution in [3.63, 3.8) is 0 Å². The van der Waals surface area contributed by atoms with Crippen LogP contribution in [0.3, 0.4) is 0 Å². The number of ether oxygens (including phenoxy) is 1. The van der Waals surface area contributed by atoms with Crippen LogP contribution in [0.2, 0.25) is 0 Å². The monoisotopic (exact) mass is 263 g/mol. The number of Topliss-reactive ketones (excluding diaryl/α,β-unsaturated/α-hetero) is 1. The summed E-state index contributed by atoms with van der Waals surface area (Å²) in [5, 5.41) is 0. The van der Waals surface area contributed by atoms with Gasteiger partial charge in [0.05, 0.1) is 12.6 Å². The molecule has 0 N–H and O–H groups in total. The fraction of sp³-hybridized carbons (Fsp3) is 0.688. The SMILES string of the molecule is CCCC(COC)n1ccc2c1CC(C)(C)CC2=O. The normalized spacial score (nSPS) is 19.3. The Kier molecular flexibility index (Phi) is 4.14. The number of rotatable bonds is 5. The summed E-state index contributed by atoms with van der Waals surface area (Å²) in [6.45, 7) is 7.25. The fourth-order valence-electron chi connectivity index (χ4n) is 3.14. The zero-order valence-electron chi connectivity index (χ0n) is 12.5. The van der Waals surface area contributed by atoms with Gasteiger partial charge in [-0.05, 0) is 24.3 Å². The summed E-state index contributed by atoms with van der Waals surface area (Å²) in [6.07, 6.45) is 5.92. The number of ketones is 1. The average Bonchev–Trinajstić information content (AvgIpc) is 2.71. The Bertz CT molecular complexity index is 453. The predicted molar refractivity (Wildman–Crippen MR) is 76.7 cm³/mol. The summed E-state index contributed by atoms with van der Waals surface area (Å²) < 4.78 is 7.62. The highest BCUT2D eigenvalue weighted by Gasteiger charge is 2.33. The second-order valence-electron chi connectivity index (χ2n) is 6.42. The third kappa shape index (κ3) is 2.92. The van der Waals surface area contributed by atoms with Gasteiger partial charge in [0.1, 0.15) is 0 Å². The molecule has 1 aromatic rings. The number of hydrogen-bond donors (Lipinski definition) is 0. The largest absolute Gasteiger partial charge is 0.383 e. The fourth-order valence-corrected chi connectivity index (χ4v) is 3.14. The Morgan fingerprint density at radius 3 is 2.79 bits per heavy atom. The van der Waals surface area contributed by atoms with E-state index in [9.17, 15) is 4.79 Å². The van der Waals surface area contributed by atoms with E-state index in [0.717, 1.165) is 24.8 Å². The van der Waals surface area contributed by atoms with E-state index in [1.165, 1.54) is 5.69 Å². The standard InChI is InChI=1S/C16H25NO2/c1-5-6-12(11-19-4)17-8-7-13-14(17)9-16(2,3)10-15(13)18/h7-8,12H,5-6,9-11H2,1-4H3. The van der Waals surface area contributed by atoms with Crippen LogP contribution >= 0.6 is 0 Å². The maximum Gasteiger partial charge on any atom is 0.165 e. The Morgan fingerprint density at radius 1 is 1.42 bits per heavy atom. The zero-order chi connectivity index (χ0) is 14.0. The molecule has 0 amide bonds. The second-order valence-corrected chi connectivity index (χ2v) is 6.42. The van der Waals surface area contributed by atoms with E-state index in [1.54, 1.807) is 7.11 Å². The molecule has 0 radical (unpaired) electrons. The van der Waals surface area contributed by atoms with Gasteiger partial charge in [0.15, 0.2) is 5.78 Å². The van der Waals surface area contributed by atoms with E-state index in [-0.39, 0.29) is 11.2 Å². The quantitative estimate of drug-likeness (QED) is 0.812. The maximum absolute atomic E-state index is 12.2. The van der Waals surface area contributed by atoms with E-state index in [1.807, 2.05) is 6.07 Å². The molecule has 1 aliphatic rings. The first-order chi connectivity index (χ1) is 8.98.